The molecule has 118 valence electrons. The molecule has 1 atom stereocenters. The Bertz CT molecular complexity index is 760. The standard InChI is InChI=1S/C18H22N2O.ClH/c1-12-4-3-5-15-17(12)13(2)10-20(18(15)21)16-11-19-8-6-14(16)7-9-19;/h3-5,10,14,16H,6-9,11H2,1-2H3;1H. The number of hydrogen-bond donors (Lipinski definition) is 0. The first kappa shape index (κ1) is 15.6. The van der Waals surface area contributed by atoms with Crippen LogP contribution in [-0.4, -0.2) is 29.1 Å². The molecule has 3 saturated heterocycles. The van der Waals surface area contributed by atoms with Gasteiger partial charge < -0.3 is 9.47 Å². The zero-order valence-corrected chi connectivity index (χ0v) is 14.0. The predicted molar refractivity (Wildman–Crippen MR) is 93.1 cm³/mol. The fourth-order valence-electron chi connectivity index (χ4n) is 4.34. The molecule has 2 bridgehead atoms. The van der Waals surface area contributed by atoms with E-state index in [-0.39, 0.29) is 18.0 Å². The number of halogens is 1. The van der Waals surface area contributed by atoms with Crippen LogP contribution in [0.15, 0.2) is 29.2 Å². The highest BCUT2D eigenvalue weighted by molar-refractivity contribution is 5.87. The number of benzene rings is 1. The minimum absolute atomic E-state index is 0. The molecule has 0 N–H and O–H groups in total. The minimum Gasteiger partial charge on any atom is -0.310 e. The molecule has 3 fully saturated rings. The van der Waals surface area contributed by atoms with Crippen LogP contribution in [0.2, 0.25) is 0 Å². The Morgan fingerprint density at radius 1 is 1.09 bits per heavy atom. The van der Waals surface area contributed by atoms with Crippen LogP contribution in [0.25, 0.3) is 10.8 Å². The van der Waals surface area contributed by atoms with E-state index in [4.69, 9.17) is 0 Å². The number of pyridine rings is 1. The summed E-state index contributed by atoms with van der Waals surface area (Å²) in [6.45, 7) is 7.69. The van der Waals surface area contributed by atoms with E-state index in [9.17, 15) is 4.79 Å². The zero-order chi connectivity index (χ0) is 14.6. The van der Waals surface area contributed by atoms with E-state index in [1.54, 1.807) is 0 Å². The molecule has 3 aliphatic heterocycles. The highest BCUT2D eigenvalue weighted by Crippen LogP contribution is 2.35. The van der Waals surface area contributed by atoms with Crippen LogP contribution in [0.3, 0.4) is 0 Å². The van der Waals surface area contributed by atoms with Gasteiger partial charge in [0.15, 0.2) is 0 Å². The lowest BCUT2D eigenvalue weighted by atomic mass is 9.83. The summed E-state index contributed by atoms with van der Waals surface area (Å²) in [6, 6.07) is 6.44. The molecule has 0 amide bonds. The monoisotopic (exact) mass is 318 g/mol. The third kappa shape index (κ3) is 2.27. The average Bonchev–Trinajstić information content (AvgIpc) is 2.52. The molecular formula is C18H23ClN2O. The van der Waals surface area contributed by atoms with Gasteiger partial charge in [0.05, 0.1) is 6.04 Å². The number of aromatic nitrogens is 1. The lowest BCUT2D eigenvalue weighted by Crippen LogP contribution is -2.50. The van der Waals surface area contributed by atoms with E-state index >= 15 is 0 Å². The number of nitrogens with zero attached hydrogens (tertiary/aromatic N) is 2. The Morgan fingerprint density at radius 3 is 2.45 bits per heavy atom. The van der Waals surface area contributed by atoms with Crippen LogP contribution in [0.4, 0.5) is 0 Å². The van der Waals surface area contributed by atoms with Crippen LogP contribution in [-0.2, 0) is 0 Å². The largest absolute Gasteiger partial charge is 0.310 e. The van der Waals surface area contributed by atoms with Gasteiger partial charge in [-0.05, 0) is 68.3 Å². The third-order valence-electron chi connectivity index (χ3n) is 5.44. The number of hydrogen-bond acceptors (Lipinski definition) is 2. The van der Waals surface area contributed by atoms with Crippen molar-refractivity contribution in [3.05, 3.63) is 45.9 Å². The first-order chi connectivity index (χ1) is 10.1. The molecule has 0 radical (unpaired) electrons. The summed E-state index contributed by atoms with van der Waals surface area (Å²) in [4.78, 5) is 15.5. The molecule has 0 saturated carbocycles. The maximum absolute atomic E-state index is 13.0. The fourth-order valence-corrected chi connectivity index (χ4v) is 4.34. The Morgan fingerprint density at radius 2 is 1.82 bits per heavy atom. The highest BCUT2D eigenvalue weighted by Gasteiger charge is 2.35. The van der Waals surface area contributed by atoms with Crippen LogP contribution >= 0.6 is 12.4 Å². The van der Waals surface area contributed by atoms with Gasteiger partial charge in [-0.1, -0.05) is 12.1 Å². The van der Waals surface area contributed by atoms with Gasteiger partial charge in [0, 0.05) is 18.1 Å². The van der Waals surface area contributed by atoms with Crippen molar-refractivity contribution in [3.8, 4) is 0 Å². The minimum atomic E-state index is 0. The average molecular weight is 319 g/mol. The molecule has 4 heteroatoms. The molecule has 3 nitrogen and oxygen atoms in total. The number of aryl methyl sites for hydroxylation is 2. The van der Waals surface area contributed by atoms with Crippen molar-refractivity contribution in [2.24, 2.45) is 5.92 Å². The Labute approximate surface area is 137 Å². The maximum Gasteiger partial charge on any atom is 0.258 e. The summed E-state index contributed by atoms with van der Waals surface area (Å²) in [5.41, 5.74) is 2.61. The predicted octanol–water partition coefficient (Wildman–Crippen LogP) is 3.31. The fraction of sp³-hybridized carbons (Fsp3) is 0.500. The van der Waals surface area contributed by atoms with Crippen molar-refractivity contribution in [2.75, 3.05) is 19.6 Å². The van der Waals surface area contributed by atoms with Gasteiger partial charge in [-0.2, -0.15) is 0 Å². The Kier molecular flexibility index (Phi) is 4.04. The summed E-state index contributed by atoms with van der Waals surface area (Å²) < 4.78 is 2.03. The summed E-state index contributed by atoms with van der Waals surface area (Å²) >= 11 is 0. The quantitative estimate of drug-likeness (QED) is 0.806. The Balaban J connectivity index is 0.00000144. The van der Waals surface area contributed by atoms with Gasteiger partial charge in [-0.25, -0.2) is 0 Å². The topological polar surface area (TPSA) is 25.2 Å². The van der Waals surface area contributed by atoms with E-state index in [2.05, 4.69) is 31.0 Å². The highest BCUT2D eigenvalue weighted by atomic mass is 35.5. The molecule has 0 spiro atoms. The van der Waals surface area contributed by atoms with Crippen molar-refractivity contribution in [1.29, 1.82) is 0 Å². The first-order valence-electron chi connectivity index (χ1n) is 7.98. The van der Waals surface area contributed by atoms with E-state index in [1.165, 1.54) is 37.1 Å². The van der Waals surface area contributed by atoms with Crippen LogP contribution in [0, 0.1) is 19.8 Å². The summed E-state index contributed by atoms with van der Waals surface area (Å²) in [7, 11) is 0. The van der Waals surface area contributed by atoms with Crippen LogP contribution in [0.1, 0.15) is 30.0 Å². The van der Waals surface area contributed by atoms with Crippen molar-refractivity contribution < 1.29 is 0 Å². The Hall–Kier alpha value is -1.32. The molecular weight excluding hydrogens is 296 g/mol. The first-order valence-corrected chi connectivity index (χ1v) is 7.98. The second-order valence-corrected chi connectivity index (χ2v) is 6.73. The van der Waals surface area contributed by atoms with Gasteiger partial charge in [0.1, 0.15) is 0 Å². The lowest BCUT2D eigenvalue weighted by molar-refractivity contribution is 0.0556. The van der Waals surface area contributed by atoms with Gasteiger partial charge in [0.2, 0.25) is 0 Å². The number of piperidine rings is 3. The smallest absolute Gasteiger partial charge is 0.258 e. The zero-order valence-electron chi connectivity index (χ0n) is 13.2. The van der Waals surface area contributed by atoms with Gasteiger partial charge in [0.25, 0.3) is 5.56 Å². The maximum atomic E-state index is 13.0. The van der Waals surface area contributed by atoms with E-state index in [0.29, 0.717) is 12.0 Å². The van der Waals surface area contributed by atoms with Crippen LogP contribution in [0.5, 0.6) is 0 Å². The number of fused-ring (bicyclic) bond motifs is 4. The summed E-state index contributed by atoms with van der Waals surface area (Å²) in [5.74, 6) is 0.675. The lowest BCUT2D eigenvalue weighted by Gasteiger charge is -2.45. The number of rotatable bonds is 1. The second-order valence-electron chi connectivity index (χ2n) is 6.73. The second kappa shape index (κ2) is 5.71. The SMILES string of the molecule is Cc1cccc2c(=O)n(C3CN4CCC3CC4)cc(C)c12.Cl. The molecule has 4 heterocycles. The third-order valence-corrected chi connectivity index (χ3v) is 5.44. The molecule has 1 aromatic carbocycles. The van der Waals surface area contributed by atoms with Gasteiger partial charge >= 0.3 is 0 Å². The van der Waals surface area contributed by atoms with Crippen molar-refractivity contribution in [2.45, 2.75) is 32.7 Å². The van der Waals surface area contributed by atoms with Crippen molar-refractivity contribution in [3.63, 3.8) is 0 Å². The molecule has 2 aromatic rings. The van der Waals surface area contributed by atoms with Gasteiger partial charge in [-0.15, -0.1) is 12.4 Å². The summed E-state index contributed by atoms with van der Waals surface area (Å²) in [5, 5.41) is 2.02. The molecule has 3 aliphatic rings. The van der Waals surface area contributed by atoms with Crippen molar-refractivity contribution >= 4 is 23.2 Å². The molecule has 22 heavy (non-hydrogen) atoms. The van der Waals surface area contributed by atoms with E-state index in [1.807, 2.05) is 16.7 Å². The molecule has 5 rings (SSSR count). The normalized spacial score (nSPS) is 26.9. The molecule has 1 aromatic heterocycles. The van der Waals surface area contributed by atoms with Crippen molar-refractivity contribution in [1.82, 2.24) is 9.47 Å². The van der Waals surface area contributed by atoms with E-state index < -0.39 is 0 Å². The summed E-state index contributed by atoms with van der Waals surface area (Å²) in [6.07, 6.45) is 4.58. The van der Waals surface area contributed by atoms with E-state index in [0.717, 1.165) is 17.3 Å². The van der Waals surface area contributed by atoms with Crippen LogP contribution < -0.4 is 5.56 Å². The van der Waals surface area contributed by atoms with Gasteiger partial charge in [-0.3, -0.25) is 4.79 Å². The molecule has 1 unspecified atom stereocenters. The molecule has 0 aliphatic carbocycles.